The van der Waals surface area contributed by atoms with Crippen LogP contribution in [0.15, 0.2) is 76.0 Å². The molecule has 0 aliphatic heterocycles. The minimum absolute atomic E-state index is 0.106. The number of amides is 1. The Labute approximate surface area is 205 Å². The quantitative estimate of drug-likeness (QED) is 0.398. The number of carbonyl (C=O) groups excluding carboxylic acids is 1. The van der Waals surface area contributed by atoms with E-state index in [0.29, 0.717) is 22.4 Å². The summed E-state index contributed by atoms with van der Waals surface area (Å²) in [6.07, 6.45) is 0. The molecule has 6 nitrogen and oxygen atoms in total. The normalized spacial score (nSPS) is 10.3. The van der Waals surface area contributed by atoms with E-state index in [9.17, 15) is 14.0 Å². The van der Waals surface area contributed by atoms with Crippen LogP contribution in [-0.2, 0) is 7.05 Å². The first kappa shape index (κ1) is 25.0. The predicted octanol–water partition coefficient (Wildman–Crippen LogP) is 5.17. The molecular formula is C26H24BrFN2O4. The molecule has 0 aliphatic carbocycles. The second-order valence-corrected chi connectivity index (χ2v) is 8.13. The smallest absolute Gasteiger partial charge is 0.258 e. The lowest BCUT2D eigenvalue weighted by molar-refractivity contribution is 0.0962. The predicted molar refractivity (Wildman–Crippen MR) is 135 cm³/mol. The zero-order valence-corrected chi connectivity index (χ0v) is 20.8. The van der Waals surface area contributed by atoms with Gasteiger partial charge in [-0.25, -0.2) is 4.39 Å². The number of ether oxygens (including phenoxy) is 2. The number of carbonyl (C=O) groups is 1. The van der Waals surface area contributed by atoms with Gasteiger partial charge in [0.25, 0.3) is 11.5 Å². The summed E-state index contributed by atoms with van der Waals surface area (Å²) in [5, 5.41) is 3.98. The fraction of sp³-hybridized carbons (Fsp3) is 0.154. The van der Waals surface area contributed by atoms with Gasteiger partial charge in [0.1, 0.15) is 17.3 Å². The molecule has 176 valence electrons. The van der Waals surface area contributed by atoms with Crippen LogP contribution in [-0.4, -0.2) is 31.7 Å². The van der Waals surface area contributed by atoms with Gasteiger partial charge in [-0.15, -0.1) is 0 Å². The molecule has 0 radical (unpaired) electrons. The van der Waals surface area contributed by atoms with E-state index in [2.05, 4.69) is 21.2 Å². The molecule has 1 aromatic heterocycles. The zero-order chi connectivity index (χ0) is 24.8. The van der Waals surface area contributed by atoms with E-state index >= 15 is 0 Å². The number of methoxy groups -OCH3 is 2. The maximum atomic E-state index is 13.0. The van der Waals surface area contributed by atoms with Crippen LogP contribution < -0.4 is 20.3 Å². The van der Waals surface area contributed by atoms with Crippen molar-refractivity contribution in [2.75, 3.05) is 21.3 Å². The number of halogens is 2. The van der Waals surface area contributed by atoms with Gasteiger partial charge in [0.2, 0.25) is 0 Å². The molecule has 0 bridgehead atoms. The molecular weight excluding hydrogens is 503 g/mol. The second-order valence-electron chi connectivity index (χ2n) is 7.28. The molecule has 1 heterocycles. The lowest BCUT2D eigenvalue weighted by atomic mass is 10.1. The number of hydrogen-bond acceptors (Lipinski definition) is 4. The average molecular weight is 527 g/mol. The van der Waals surface area contributed by atoms with Crippen molar-refractivity contribution >= 4 is 32.6 Å². The summed E-state index contributed by atoms with van der Waals surface area (Å²) in [4.78, 5) is 23.8. The van der Waals surface area contributed by atoms with E-state index < -0.39 is 0 Å². The Hall–Kier alpha value is -3.65. The SMILES string of the molecule is CNC(=O)c1cc(OC)ccc1Br.COc1ccc2cc(-c3ccc(F)cc3)n(C)c(=O)c2c1. The molecule has 4 rings (SSSR count). The average Bonchev–Trinajstić information content (AvgIpc) is 2.86. The van der Waals surface area contributed by atoms with Gasteiger partial charge in [0.15, 0.2) is 0 Å². The maximum absolute atomic E-state index is 13.0. The van der Waals surface area contributed by atoms with Gasteiger partial charge in [0, 0.05) is 18.6 Å². The summed E-state index contributed by atoms with van der Waals surface area (Å²) in [5.74, 6) is 0.885. The van der Waals surface area contributed by atoms with E-state index in [4.69, 9.17) is 9.47 Å². The molecule has 4 aromatic rings. The summed E-state index contributed by atoms with van der Waals surface area (Å²) in [7, 11) is 6.43. The van der Waals surface area contributed by atoms with E-state index in [1.54, 1.807) is 69.3 Å². The van der Waals surface area contributed by atoms with Gasteiger partial charge < -0.3 is 19.4 Å². The minimum Gasteiger partial charge on any atom is -0.497 e. The van der Waals surface area contributed by atoms with Crippen LogP contribution in [0.25, 0.3) is 22.0 Å². The van der Waals surface area contributed by atoms with Crippen LogP contribution in [0.1, 0.15) is 10.4 Å². The molecule has 0 atom stereocenters. The van der Waals surface area contributed by atoms with E-state index in [0.717, 1.165) is 21.1 Å². The first-order valence-corrected chi connectivity index (χ1v) is 11.1. The van der Waals surface area contributed by atoms with Crippen LogP contribution in [0.5, 0.6) is 11.5 Å². The van der Waals surface area contributed by atoms with Gasteiger partial charge in [-0.05, 0) is 87.5 Å². The lowest BCUT2D eigenvalue weighted by Crippen LogP contribution is -2.18. The van der Waals surface area contributed by atoms with Crippen LogP contribution in [0.2, 0.25) is 0 Å². The van der Waals surface area contributed by atoms with Crippen LogP contribution in [0.4, 0.5) is 4.39 Å². The number of benzene rings is 3. The second kappa shape index (κ2) is 11.0. The Bertz CT molecular complexity index is 1380. The van der Waals surface area contributed by atoms with E-state index in [1.165, 1.54) is 12.1 Å². The van der Waals surface area contributed by atoms with Crippen molar-refractivity contribution in [3.05, 3.63) is 92.9 Å². The highest BCUT2D eigenvalue weighted by Gasteiger charge is 2.10. The van der Waals surface area contributed by atoms with Crippen molar-refractivity contribution in [2.24, 2.45) is 7.05 Å². The Kier molecular flexibility index (Phi) is 8.07. The first-order valence-electron chi connectivity index (χ1n) is 10.3. The molecule has 0 saturated carbocycles. The van der Waals surface area contributed by atoms with Crippen molar-refractivity contribution in [2.45, 2.75) is 0 Å². The third-order valence-electron chi connectivity index (χ3n) is 5.23. The van der Waals surface area contributed by atoms with Crippen molar-refractivity contribution in [1.82, 2.24) is 9.88 Å². The fourth-order valence-corrected chi connectivity index (χ4v) is 3.77. The summed E-state index contributed by atoms with van der Waals surface area (Å²) in [6.45, 7) is 0. The molecule has 3 aromatic carbocycles. The number of pyridine rings is 1. The van der Waals surface area contributed by atoms with Gasteiger partial charge in [-0.3, -0.25) is 9.59 Å². The third-order valence-corrected chi connectivity index (χ3v) is 5.93. The van der Waals surface area contributed by atoms with Crippen molar-refractivity contribution in [3.63, 3.8) is 0 Å². The third kappa shape index (κ3) is 5.46. The lowest BCUT2D eigenvalue weighted by Gasteiger charge is -2.11. The Morgan fingerprint density at radius 1 is 0.941 bits per heavy atom. The van der Waals surface area contributed by atoms with Crippen LogP contribution in [0, 0.1) is 5.82 Å². The molecule has 1 N–H and O–H groups in total. The van der Waals surface area contributed by atoms with E-state index in [-0.39, 0.29) is 17.3 Å². The minimum atomic E-state index is -0.297. The number of fused-ring (bicyclic) bond motifs is 1. The van der Waals surface area contributed by atoms with E-state index in [1.807, 2.05) is 18.2 Å². The van der Waals surface area contributed by atoms with Crippen LogP contribution >= 0.6 is 15.9 Å². The van der Waals surface area contributed by atoms with Crippen molar-refractivity contribution < 1.29 is 18.7 Å². The molecule has 0 spiro atoms. The molecule has 0 fully saturated rings. The molecule has 8 heteroatoms. The Morgan fingerprint density at radius 3 is 2.18 bits per heavy atom. The molecule has 1 amide bonds. The zero-order valence-electron chi connectivity index (χ0n) is 19.2. The number of hydrogen-bond donors (Lipinski definition) is 1. The summed E-state index contributed by atoms with van der Waals surface area (Å²) in [5.41, 5.74) is 2.01. The molecule has 0 unspecified atom stereocenters. The number of aromatic nitrogens is 1. The van der Waals surface area contributed by atoms with Gasteiger partial charge in [0.05, 0.1) is 30.9 Å². The summed E-state index contributed by atoms with van der Waals surface area (Å²) < 4.78 is 25.5. The number of rotatable bonds is 4. The van der Waals surface area contributed by atoms with Gasteiger partial charge >= 0.3 is 0 Å². The Balaban J connectivity index is 0.000000215. The standard InChI is InChI=1S/C17H14FNO2.C9H10BrNO2/c1-19-16(11-3-6-13(18)7-4-11)9-12-5-8-14(21-2)10-15(12)17(19)20;1-11-9(12)7-5-6(13-2)3-4-8(7)10/h3-10H,1-2H3;3-5H,1-2H3,(H,11,12). The van der Waals surface area contributed by atoms with Gasteiger partial charge in [-0.2, -0.15) is 0 Å². The monoisotopic (exact) mass is 526 g/mol. The van der Waals surface area contributed by atoms with Crippen LogP contribution in [0.3, 0.4) is 0 Å². The largest absolute Gasteiger partial charge is 0.497 e. The highest BCUT2D eigenvalue weighted by Crippen LogP contribution is 2.24. The summed E-state index contributed by atoms with van der Waals surface area (Å²) >= 11 is 3.28. The molecule has 0 saturated heterocycles. The van der Waals surface area contributed by atoms with Crippen molar-refractivity contribution in [3.8, 4) is 22.8 Å². The highest BCUT2D eigenvalue weighted by molar-refractivity contribution is 9.10. The molecule has 0 aliphatic rings. The maximum Gasteiger partial charge on any atom is 0.258 e. The summed E-state index contributed by atoms with van der Waals surface area (Å²) in [6, 6.07) is 18.7. The molecule has 34 heavy (non-hydrogen) atoms. The first-order chi connectivity index (χ1) is 16.3. The van der Waals surface area contributed by atoms with Crippen molar-refractivity contribution in [1.29, 1.82) is 0 Å². The number of nitrogens with zero attached hydrogens (tertiary/aromatic N) is 1. The topological polar surface area (TPSA) is 69.6 Å². The Morgan fingerprint density at radius 2 is 1.56 bits per heavy atom. The highest BCUT2D eigenvalue weighted by atomic mass is 79.9. The number of nitrogens with one attached hydrogen (secondary N) is 1. The fourth-order valence-electron chi connectivity index (χ4n) is 3.35. The van der Waals surface area contributed by atoms with Gasteiger partial charge in [-0.1, -0.05) is 6.07 Å².